The van der Waals surface area contributed by atoms with Crippen LogP contribution in [0.3, 0.4) is 0 Å². The minimum absolute atomic E-state index is 0.186. The number of rotatable bonds is 4. The minimum atomic E-state index is -0.210. The highest BCUT2D eigenvalue weighted by Crippen LogP contribution is 2.24. The number of hydrogen-bond donors (Lipinski definition) is 1. The number of nitrogens with two attached hydrogens (primary N) is 1. The molecule has 92 valence electrons. The SMILES string of the molecule is COC(=O)[C@@H](C)C/C(=C/N)c1ccccc1C. The van der Waals surface area contributed by atoms with E-state index in [9.17, 15) is 4.79 Å². The molecule has 0 aliphatic rings. The number of benzene rings is 1. The van der Waals surface area contributed by atoms with Gasteiger partial charge in [-0.1, -0.05) is 31.2 Å². The highest BCUT2D eigenvalue weighted by Gasteiger charge is 2.16. The molecule has 3 heteroatoms. The van der Waals surface area contributed by atoms with Crippen molar-refractivity contribution in [3.63, 3.8) is 0 Å². The highest BCUT2D eigenvalue weighted by molar-refractivity contribution is 5.77. The Morgan fingerprint density at radius 3 is 2.65 bits per heavy atom. The quantitative estimate of drug-likeness (QED) is 0.813. The molecule has 0 fully saturated rings. The molecule has 0 radical (unpaired) electrons. The molecule has 1 atom stereocenters. The third-order valence-electron chi connectivity index (χ3n) is 2.82. The van der Waals surface area contributed by atoms with E-state index in [0.29, 0.717) is 6.42 Å². The lowest BCUT2D eigenvalue weighted by atomic mass is 9.93. The molecule has 0 aromatic heterocycles. The summed E-state index contributed by atoms with van der Waals surface area (Å²) in [4.78, 5) is 11.4. The van der Waals surface area contributed by atoms with E-state index in [1.165, 1.54) is 7.11 Å². The zero-order valence-corrected chi connectivity index (χ0v) is 10.6. The molecule has 0 amide bonds. The molecule has 0 saturated heterocycles. The Bertz CT molecular complexity index is 424. The number of ether oxygens (including phenoxy) is 1. The number of carbonyl (C=O) groups excluding carboxylic acids is 1. The van der Waals surface area contributed by atoms with Crippen molar-refractivity contribution in [3.8, 4) is 0 Å². The molecule has 0 spiro atoms. The first-order valence-corrected chi connectivity index (χ1v) is 5.64. The Labute approximate surface area is 102 Å². The van der Waals surface area contributed by atoms with Gasteiger partial charge in [0, 0.05) is 0 Å². The first-order chi connectivity index (χ1) is 8.10. The average molecular weight is 233 g/mol. The molecule has 0 saturated carbocycles. The van der Waals surface area contributed by atoms with E-state index < -0.39 is 0 Å². The number of aryl methyl sites for hydroxylation is 1. The van der Waals surface area contributed by atoms with Crippen LogP contribution in [-0.2, 0) is 9.53 Å². The maximum atomic E-state index is 11.4. The van der Waals surface area contributed by atoms with Crippen molar-refractivity contribution in [2.45, 2.75) is 20.3 Å². The van der Waals surface area contributed by atoms with Crippen molar-refractivity contribution in [2.75, 3.05) is 7.11 Å². The molecule has 1 aromatic rings. The first-order valence-electron chi connectivity index (χ1n) is 5.64. The molecule has 3 nitrogen and oxygen atoms in total. The molecular formula is C14H19NO2. The Morgan fingerprint density at radius 1 is 1.47 bits per heavy atom. The summed E-state index contributed by atoms with van der Waals surface area (Å²) >= 11 is 0. The second kappa shape index (κ2) is 6.09. The van der Waals surface area contributed by atoms with Gasteiger partial charge in [0.2, 0.25) is 0 Å². The minimum Gasteiger partial charge on any atom is -0.469 e. The van der Waals surface area contributed by atoms with Crippen molar-refractivity contribution in [2.24, 2.45) is 11.7 Å². The van der Waals surface area contributed by atoms with Crippen molar-refractivity contribution in [3.05, 3.63) is 41.6 Å². The summed E-state index contributed by atoms with van der Waals surface area (Å²) < 4.78 is 4.72. The molecule has 0 unspecified atom stereocenters. The summed E-state index contributed by atoms with van der Waals surface area (Å²) in [7, 11) is 1.40. The fraction of sp³-hybridized carbons (Fsp3) is 0.357. The topological polar surface area (TPSA) is 52.3 Å². The Kier molecular flexibility index (Phi) is 4.76. The molecule has 0 aliphatic carbocycles. The summed E-state index contributed by atoms with van der Waals surface area (Å²) in [5.41, 5.74) is 8.87. The van der Waals surface area contributed by atoms with E-state index in [-0.39, 0.29) is 11.9 Å². The van der Waals surface area contributed by atoms with Crippen LogP contribution in [0.1, 0.15) is 24.5 Å². The number of allylic oxidation sites excluding steroid dienone is 1. The average Bonchev–Trinajstić information content (AvgIpc) is 2.35. The van der Waals surface area contributed by atoms with Crippen LogP contribution in [0.4, 0.5) is 0 Å². The lowest BCUT2D eigenvalue weighted by molar-refractivity contribution is -0.144. The smallest absolute Gasteiger partial charge is 0.308 e. The monoisotopic (exact) mass is 233 g/mol. The van der Waals surface area contributed by atoms with Crippen LogP contribution in [0.2, 0.25) is 0 Å². The second-order valence-electron chi connectivity index (χ2n) is 4.14. The van der Waals surface area contributed by atoms with Gasteiger partial charge in [-0.3, -0.25) is 4.79 Å². The summed E-state index contributed by atoms with van der Waals surface area (Å²) in [6, 6.07) is 7.99. The molecule has 1 rings (SSSR count). The lowest BCUT2D eigenvalue weighted by Crippen LogP contribution is -2.13. The predicted octanol–water partition coefficient (Wildman–Crippen LogP) is 2.49. The maximum absolute atomic E-state index is 11.4. The largest absolute Gasteiger partial charge is 0.469 e. The van der Waals surface area contributed by atoms with Gasteiger partial charge in [0.05, 0.1) is 13.0 Å². The van der Waals surface area contributed by atoms with Crippen LogP contribution < -0.4 is 5.73 Å². The highest BCUT2D eigenvalue weighted by atomic mass is 16.5. The van der Waals surface area contributed by atoms with Crippen molar-refractivity contribution in [1.29, 1.82) is 0 Å². The zero-order valence-electron chi connectivity index (χ0n) is 10.6. The fourth-order valence-corrected chi connectivity index (χ4v) is 1.82. The molecular weight excluding hydrogens is 214 g/mol. The van der Waals surface area contributed by atoms with Gasteiger partial charge >= 0.3 is 5.97 Å². The van der Waals surface area contributed by atoms with Crippen LogP contribution in [0.15, 0.2) is 30.5 Å². The normalized spacial score (nSPS) is 13.2. The predicted molar refractivity (Wildman–Crippen MR) is 69.1 cm³/mol. The third-order valence-corrected chi connectivity index (χ3v) is 2.82. The summed E-state index contributed by atoms with van der Waals surface area (Å²) in [5.74, 6) is -0.396. The number of carbonyl (C=O) groups is 1. The van der Waals surface area contributed by atoms with Crippen LogP contribution in [0.5, 0.6) is 0 Å². The van der Waals surface area contributed by atoms with Crippen LogP contribution in [-0.4, -0.2) is 13.1 Å². The van der Waals surface area contributed by atoms with Gasteiger partial charge in [-0.15, -0.1) is 0 Å². The van der Waals surface area contributed by atoms with Crippen LogP contribution in [0, 0.1) is 12.8 Å². The summed E-state index contributed by atoms with van der Waals surface area (Å²) in [6.07, 6.45) is 2.16. The molecule has 0 aliphatic heterocycles. The van der Waals surface area contributed by atoms with Gasteiger partial charge < -0.3 is 10.5 Å². The van der Waals surface area contributed by atoms with Crippen molar-refractivity contribution < 1.29 is 9.53 Å². The van der Waals surface area contributed by atoms with Gasteiger partial charge in [0.1, 0.15) is 0 Å². The van der Waals surface area contributed by atoms with Crippen molar-refractivity contribution in [1.82, 2.24) is 0 Å². The van der Waals surface area contributed by atoms with Gasteiger partial charge in [-0.05, 0) is 36.2 Å². The Balaban J connectivity index is 2.88. The van der Waals surface area contributed by atoms with Gasteiger partial charge in [-0.2, -0.15) is 0 Å². The Morgan fingerprint density at radius 2 is 2.12 bits per heavy atom. The second-order valence-corrected chi connectivity index (χ2v) is 4.14. The number of esters is 1. The van der Waals surface area contributed by atoms with Crippen molar-refractivity contribution >= 4 is 11.5 Å². The Hall–Kier alpha value is -1.77. The van der Waals surface area contributed by atoms with E-state index in [0.717, 1.165) is 16.7 Å². The number of hydrogen-bond acceptors (Lipinski definition) is 3. The summed E-state index contributed by atoms with van der Waals surface area (Å²) in [6.45, 7) is 3.87. The van der Waals surface area contributed by atoms with E-state index in [4.69, 9.17) is 10.5 Å². The maximum Gasteiger partial charge on any atom is 0.308 e. The fourth-order valence-electron chi connectivity index (χ4n) is 1.82. The lowest BCUT2D eigenvalue weighted by Gasteiger charge is -2.14. The standard InChI is InChI=1S/C14H19NO2/c1-10-6-4-5-7-13(10)12(9-15)8-11(2)14(16)17-3/h4-7,9,11H,8,15H2,1-3H3/b12-9-/t11-/m0/s1. The molecule has 0 heterocycles. The molecule has 17 heavy (non-hydrogen) atoms. The zero-order chi connectivity index (χ0) is 12.8. The van der Waals surface area contributed by atoms with E-state index in [2.05, 4.69) is 0 Å². The summed E-state index contributed by atoms with van der Waals surface area (Å²) in [5, 5.41) is 0. The van der Waals surface area contributed by atoms with Crippen LogP contribution in [0.25, 0.3) is 5.57 Å². The van der Waals surface area contributed by atoms with E-state index in [1.54, 1.807) is 6.20 Å². The number of methoxy groups -OCH3 is 1. The van der Waals surface area contributed by atoms with Crippen LogP contribution >= 0.6 is 0 Å². The third kappa shape index (κ3) is 3.34. The molecule has 1 aromatic carbocycles. The van der Waals surface area contributed by atoms with Gasteiger partial charge in [-0.25, -0.2) is 0 Å². The molecule has 2 N–H and O–H groups in total. The van der Waals surface area contributed by atoms with E-state index >= 15 is 0 Å². The van der Waals surface area contributed by atoms with Gasteiger partial charge in [0.25, 0.3) is 0 Å². The van der Waals surface area contributed by atoms with E-state index in [1.807, 2.05) is 38.1 Å². The first kappa shape index (κ1) is 13.3. The molecule has 0 bridgehead atoms. The van der Waals surface area contributed by atoms with Gasteiger partial charge in [0.15, 0.2) is 0 Å².